The summed E-state index contributed by atoms with van der Waals surface area (Å²) in [5.41, 5.74) is 0.538. The number of hydrogen-bond donors (Lipinski definition) is 0. The average molecular weight is 360 g/mol. The highest BCUT2D eigenvalue weighted by Gasteiger charge is 2.32. The molecule has 4 nitrogen and oxygen atoms in total. The number of hydrogen-bond acceptors (Lipinski definition) is 3. The van der Waals surface area contributed by atoms with Crippen LogP contribution in [0.1, 0.15) is 15.9 Å². The van der Waals surface area contributed by atoms with E-state index in [2.05, 4.69) is 6.58 Å². The summed E-state index contributed by atoms with van der Waals surface area (Å²) in [6.45, 7) is 1.80. The van der Waals surface area contributed by atoms with Crippen LogP contribution in [0.2, 0.25) is 0 Å². The molecule has 0 N–H and O–H groups in total. The Labute approximate surface area is 148 Å². The van der Waals surface area contributed by atoms with Crippen LogP contribution in [0.4, 0.5) is 13.2 Å². The molecule has 2 rings (SSSR count). The van der Waals surface area contributed by atoms with Gasteiger partial charge in [0.05, 0.1) is 11.6 Å². The Hall–Kier alpha value is -3.27. The lowest BCUT2D eigenvalue weighted by Gasteiger charge is -2.22. The molecule has 0 unspecified atom stereocenters. The first-order chi connectivity index (χ1) is 12.3. The van der Waals surface area contributed by atoms with Crippen molar-refractivity contribution in [2.45, 2.75) is 6.18 Å². The van der Waals surface area contributed by atoms with E-state index in [1.807, 2.05) is 6.07 Å². The Morgan fingerprint density at radius 3 is 2.46 bits per heavy atom. The number of rotatable bonds is 6. The molecule has 0 atom stereocenters. The molecule has 0 spiro atoms. The first-order valence-corrected chi connectivity index (χ1v) is 7.57. The quantitative estimate of drug-likeness (QED) is 0.711. The molecule has 1 amide bonds. The largest absolute Gasteiger partial charge is 0.457 e. The minimum absolute atomic E-state index is 0.0715. The van der Waals surface area contributed by atoms with Gasteiger partial charge in [-0.25, -0.2) is 0 Å². The number of carbonyl (C=O) groups is 1. The summed E-state index contributed by atoms with van der Waals surface area (Å²) in [6, 6.07) is 14.2. The molecule has 0 bridgehead atoms. The van der Waals surface area contributed by atoms with Gasteiger partial charge in [-0.2, -0.15) is 18.4 Å². The smallest absolute Gasteiger partial charge is 0.406 e. The van der Waals surface area contributed by atoms with Crippen LogP contribution in [0.25, 0.3) is 0 Å². The standard InChI is InChI=1S/C19H15F3N2O2/c1-2-10-24(13-19(20,21)22)18(25)15-4-3-5-17(11-15)26-16-8-6-14(12-23)7-9-16/h2-9,11H,1,10,13H2. The second kappa shape index (κ2) is 8.21. The number of carbonyl (C=O) groups excluding carboxylic acids is 1. The third-order valence-electron chi connectivity index (χ3n) is 3.31. The van der Waals surface area contributed by atoms with Crippen molar-refractivity contribution in [3.8, 4) is 17.6 Å². The predicted octanol–water partition coefficient (Wildman–Crippen LogP) is 4.54. The van der Waals surface area contributed by atoms with Gasteiger partial charge < -0.3 is 9.64 Å². The normalized spacial score (nSPS) is 10.7. The van der Waals surface area contributed by atoms with Gasteiger partial charge in [-0.1, -0.05) is 12.1 Å². The van der Waals surface area contributed by atoms with Crippen molar-refractivity contribution in [3.05, 3.63) is 72.3 Å². The van der Waals surface area contributed by atoms with Gasteiger partial charge in [-0.3, -0.25) is 4.79 Å². The van der Waals surface area contributed by atoms with Crippen LogP contribution < -0.4 is 4.74 Å². The van der Waals surface area contributed by atoms with Crippen LogP contribution in [0.5, 0.6) is 11.5 Å². The lowest BCUT2D eigenvalue weighted by Crippen LogP contribution is -2.39. The number of nitriles is 1. The van der Waals surface area contributed by atoms with Crippen molar-refractivity contribution in [1.29, 1.82) is 5.26 Å². The van der Waals surface area contributed by atoms with Crippen molar-refractivity contribution in [2.75, 3.05) is 13.1 Å². The van der Waals surface area contributed by atoms with E-state index in [9.17, 15) is 18.0 Å². The van der Waals surface area contributed by atoms with Gasteiger partial charge in [0.2, 0.25) is 0 Å². The molecular weight excluding hydrogens is 345 g/mol. The monoisotopic (exact) mass is 360 g/mol. The van der Waals surface area contributed by atoms with Crippen LogP contribution >= 0.6 is 0 Å². The molecule has 2 aromatic rings. The Morgan fingerprint density at radius 1 is 1.19 bits per heavy atom. The van der Waals surface area contributed by atoms with Gasteiger partial charge in [0, 0.05) is 12.1 Å². The first kappa shape index (κ1) is 19.1. The van der Waals surface area contributed by atoms with E-state index in [4.69, 9.17) is 10.00 Å². The molecule has 134 valence electrons. The maximum atomic E-state index is 12.7. The highest BCUT2D eigenvalue weighted by atomic mass is 19.4. The summed E-state index contributed by atoms with van der Waals surface area (Å²) in [5.74, 6) is -0.0366. The van der Waals surface area contributed by atoms with Gasteiger partial charge >= 0.3 is 6.18 Å². The third kappa shape index (κ3) is 5.38. The van der Waals surface area contributed by atoms with Crippen LogP contribution in [-0.2, 0) is 0 Å². The molecule has 0 radical (unpaired) electrons. The van der Waals surface area contributed by atoms with Gasteiger partial charge in [-0.05, 0) is 42.5 Å². The van der Waals surface area contributed by atoms with Crippen LogP contribution in [-0.4, -0.2) is 30.1 Å². The molecular formula is C19H15F3N2O2. The summed E-state index contributed by atoms with van der Waals surface area (Å²) in [6.07, 6.45) is -3.27. The van der Waals surface area contributed by atoms with E-state index in [0.717, 1.165) is 0 Å². The minimum atomic E-state index is -4.50. The maximum Gasteiger partial charge on any atom is 0.406 e. The topological polar surface area (TPSA) is 53.3 Å². The predicted molar refractivity (Wildman–Crippen MR) is 89.8 cm³/mol. The molecule has 26 heavy (non-hydrogen) atoms. The van der Waals surface area contributed by atoms with Crippen LogP contribution in [0, 0.1) is 11.3 Å². The fourth-order valence-corrected chi connectivity index (χ4v) is 2.20. The molecule has 0 saturated heterocycles. The Bertz CT molecular complexity index is 824. The summed E-state index contributed by atoms with van der Waals surface area (Å²) >= 11 is 0. The SMILES string of the molecule is C=CCN(CC(F)(F)F)C(=O)c1cccc(Oc2ccc(C#N)cc2)c1. The van der Waals surface area contributed by atoms with E-state index >= 15 is 0 Å². The highest BCUT2D eigenvalue weighted by molar-refractivity contribution is 5.94. The average Bonchev–Trinajstić information content (AvgIpc) is 2.60. The Morgan fingerprint density at radius 2 is 1.88 bits per heavy atom. The van der Waals surface area contributed by atoms with Crippen molar-refractivity contribution in [3.63, 3.8) is 0 Å². The van der Waals surface area contributed by atoms with Gasteiger partial charge in [0.25, 0.3) is 5.91 Å². The van der Waals surface area contributed by atoms with Crippen molar-refractivity contribution in [1.82, 2.24) is 4.90 Å². The van der Waals surface area contributed by atoms with E-state index in [-0.39, 0.29) is 12.1 Å². The number of benzene rings is 2. The minimum Gasteiger partial charge on any atom is -0.457 e. The highest BCUT2D eigenvalue weighted by Crippen LogP contribution is 2.24. The third-order valence-corrected chi connectivity index (χ3v) is 3.31. The molecule has 0 aliphatic rings. The second-order valence-electron chi connectivity index (χ2n) is 5.36. The summed E-state index contributed by atoms with van der Waals surface area (Å²) < 4.78 is 43.6. The van der Waals surface area contributed by atoms with Gasteiger partial charge in [-0.15, -0.1) is 6.58 Å². The fraction of sp³-hybridized carbons (Fsp3) is 0.158. The van der Waals surface area contributed by atoms with E-state index in [1.165, 1.54) is 24.3 Å². The number of alkyl halides is 3. The van der Waals surface area contributed by atoms with Crippen molar-refractivity contribution in [2.24, 2.45) is 0 Å². The van der Waals surface area contributed by atoms with E-state index in [0.29, 0.717) is 22.0 Å². The van der Waals surface area contributed by atoms with E-state index in [1.54, 1.807) is 30.3 Å². The van der Waals surface area contributed by atoms with Crippen molar-refractivity contribution < 1.29 is 22.7 Å². The molecule has 2 aromatic carbocycles. The molecule has 0 heterocycles. The summed E-state index contributed by atoms with van der Waals surface area (Å²) in [4.78, 5) is 13.0. The van der Waals surface area contributed by atoms with Crippen molar-refractivity contribution >= 4 is 5.91 Å². The number of amides is 1. The maximum absolute atomic E-state index is 12.7. The lowest BCUT2D eigenvalue weighted by molar-refractivity contribution is -0.139. The molecule has 0 aromatic heterocycles. The zero-order valence-electron chi connectivity index (χ0n) is 13.7. The summed E-state index contributed by atoms with van der Waals surface area (Å²) in [7, 11) is 0. The molecule has 0 aliphatic heterocycles. The van der Waals surface area contributed by atoms with Crippen LogP contribution in [0.3, 0.4) is 0 Å². The molecule has 7 heteroatoms. The number of nitrogens with zero attached hydrogens (tertiary/aromatic N) is 2. The molecule has 0 fully saturated rings. The fourth-order valence-electron chi connectivity index (χ4n) is 2.20. The van der Waals surface area contributed by atoms with Crippen LogP contribution in [0.15, 0.2) is 61.2 Å². The zero-order valence-corrected chi connectivity index (χ0v) is 13.7. The number of ether oxygens (including phenoxy) is 1. The molecule has 0 aliphatic carbocycles. The molecule has 0 saturated carbocycles. The van der Waals surface area contributed by atoms with E-state index < -0.39 is 18.6 Å². The summed E-state index contributed by atoms with van der Waals surface area (Å²) in [5, 5.41) is 8.77. The lowest BCUT2D eigenvalue weighted by atomic mass is 10.2. The Balaban J connectivity index is 2.19. The number of halogens is 3. The second-order valence-corrected chi connectivity index (χ2v) is 5.36. The first-order valence-electron chi connectivity index (χ1n) is 7.57. The van der Waals surface area contributed by atoms with Gasteiger partial charge in [0.15, 0.2) is 0 Å². The van der Waals surface area contributed by atoms with Gasteiger partial charge in [0.1, 0.15) is 18.0 Å². The zero-order chi connectivity index (χ0) is 19.2. The Kier molecular flexibility index (Phi) is 6.02.